The minimum atomic E-state index is 0.107. The number of epoxide rings is 1. The molecule has 0 radical (unpaired) electrons. The highest BCUT2D eigenvalue weighted by atomic mass is 79.9. The summed E-state index contributed by atoms with van der Waals surface area (Å²) in [5, 5.41) is 0.732. The SMILES string of the molecule is CC[C@@H](OC[C@H]1CO1)c1ccc(Cl)cc1Br. The topological polar surface area (TPSA) is 21.8 Å². The number of rotatable bonds is 5. The van der Waals surface area contributed by atoms with Crippen molar-refractivity contribution in [1.82, 2.24) is 0 Å². The summed E-state index contributed by atoms with van der Waals surface area (Å²) in [5.74, 6) is 0. The predicted octanol–water partition coefficient (Wildman–Crippen LogP) is 3.97. The van der Waals surface area contributed by atoms with Gasteiger partial charge >= 0.3 is 0 Å². The van der Waals surface area contributed by atoms with Crippen molar-refractivity contribution < 1.29 is 9.47 Å². The van der Waals surface area contributed by atoms with E-state index in [1.54, 1.807) is 0 Å². The van der Waals surface area contributed by atoms with Gasteiger partial charge in [-0.2, -0.15) is 0 Å². The van der Waals surface area contributed by atoms with Gasteiger partial charge in [0.1, 0.15) is 6.10 Å². The molecular formula is C12H14BrClO2. The lowest BCUT2D eigenvalue weighted by atomic mass is 10.1. The average Bonchev–Trinajstić information content (AvgIpc) is 3.05. The first-order valence-electron chi connectivity index (χ1n) is 5.39. The van der Waals surface area contributed by atoms with Gasteiger partial charge in [-0.15, -0.1) is 0 Å². The fraction of sp³-hybridized carbons (Fsp3) is 0.500. The van der Waals surface area contributed by atoms with Gasteiger partial charge in [0.2, 0.25) is 0 Å². The summed E-state index contributed by atoms with van der Waals surface area (Å²) < 4.78 is 12.0. The zero-order valence-electron chi connectivity index (χ0n) is 9.08. The van der Waals surface area contributed by atoms with Crippen LogP contribution in [0, 0.1) is 0 Å². The zero-order valence-corrected chi connectivity index (χ0v) is 11.4. The first-order chi connectivity index (χ1) is 7.70. The largest absolute Gasteiger partial charge is 0.371 e. The molecule has 0 unspecified atom stereocenters. The maximum Gasteiger partial charge on any atom is 0.104 e. The minimum absolute atomic E-state index is 0.107. The average molecular weight is 306 g/mol. The van der Waals surface area contributed by atoms with Crippen LogP contribution >= 0.6 is 27.5 Å². The van der Waals surface area contributed by atoms with Crippen LogP contribution in [0.2, 0.25) is 5.02 Å². The molecule has 0 aromatic heterocycles. The van der Waals surface area contributed by atoms with Crippen LogP contribution in [0.3, 0.4) is 0 Å². The van der Waals surface area contributed by atoms with Gasteiger partial charge in [-0.3, -0.25) is 0 Å². The molecule has 1 aromatic rings. The third-order valence-corrected chi connectivity index (χ3v) is 3.49. The van der Waals surface area contributed by atoms with Crippen LogP contribution in [0.1, 0.15) is 25.0 Å². The number of hydrogen-bond acceptors (Lipinski definition) is 2. The molecule has 2 atom stereocenters. The Morgan fingerprint density at radius 1 is 1.62 bits per heavy atom. The van der Waals surface area contributed by atoms with Crippen LogP contribution in [0.15, 0.2) is 22.7 Å². The van der Waals surface area contributed by atoms with E-state index in [9.17, 15) is 0 Å². The van der Waals surface area contributed by atoms with Crippen LogP contribution in [0.5, 0.6) is 0 Å². The summed E-state index contributed by atoms with van der Waals surface area (Å²) >= 11 is 9.43. The van der Waals surface area contributed by atoms with Crippen LogP contribution < -0.4 is 0 Å². The minimum Gasteiger partial charge on any atom is -0.371 e. The lowest BCUT2D eigenvalue weighted by molar-refractivity contribution is 0.0390. The molecule has 16 heavy (non-hydrogen) atoms. The van der Waals surface area contributed by atoms with Crippen molar-refractivity contribution >= 4 is 27.5 Å². The predicted molar refractivity (Wildman–Crippen MR) is 67.9 cm³/mol. The lowest BCUT2D eigenvalue weighted by Gasteiger charge is -2.17. The van der Waals surface area contributed by atoms with E-state index in [2.05, 4.69) is 22.9 Å². The second-order valence-electron chi connectivity index (χ2n) is 3.85. The summed E-state index contributed by atoms with van der Waals surface area (Å²) in [6.07, 6.45) is 1.35. The van der Waals surface area contributed by atoms with Crippen molar-refractivity contribution in [2.75, 3.05) is 13.2 Å². The van der Waals surface area contributed by atoms with Gasteiger partial charge in [0.25, 0.3) is 0 Å². The molecule has 1 aromatic carbocycles. The highest BCUT2D eigenvalue weighted by Gasteiger charge is 2.24. The molecule has 0 aliphatic carbocycles. The van der Waals surface area contributed by atoms with Crippen molar-refractivity contribution in [2.45, 2.75) is 25.6 Å². The van der Waals surface area contributed by atoms with Crippen LogP contribution in [0.25, 0.3) is 0 Å². The molecule has 0 bridgehead atoms. The van der Waals surface area contributed by atoms with E-state index in [0.717, 1.165) is 28.1 Å². The highest BCUT2D eigenvalue weighted by molar-refractivity contribution is 9.10. The Kier molecular flexibility index (Phi) is 4.25. The molecule has 1 heterocycles. The van der Waals surface area contributed by atoms with Gasteiger partial charge in [0.05, 0.1) is 19.3 Å². The number of halogens is 2. The monoisotopic (exact) mass is 304 g/mol. The molecule has 1 aliphatic rings. The Balaban J connectivity index is 2.05. The molecule has 88 valence electrons. The first-order valence-corrected chi connectivity index (χ1v) is 6.56. The molecule has 1 aliphatic heterocycles. The maximum absolute atomic E-state index is 5.91. The van der Waals surface area contributed by atoms with Crippen molar-refractivity contribution in [3.63, 3.8) is 0 Å². The second-order valence-corrected chi connectivity index (χ2v) is 5.14. The van der Waals surface area contributed by atoms with E-state index in [0.29, 0.717) is 12.7 Å². The molecule has 0 saturated carbocycles. The summed E-state index contributed by atoms with van der Waals surface area (Å²) in [6, 6.07) is 5.80. The van der Waals surface area contributed by atoms with E-state index in [1.807, 2.05) is 18.2 Å². The summed E-state index contributed by atoms with van der Waals surface area (Å²) in [5.41, 5.74) is 1.15. The van der Waals surface area contributed by atoms with E-state index in [1.165, 1.54) is 0 Å². The Bertz CT molecular complexity index is 366. The summed E-state index contributed by atoms with van der Waals surface area (Å²) in [6.45, 7) is 3.62. The molecule has 0 N–H and O–H groups in total. The summed E-state index contributed by atoms with van der Waals surface area (Å²) in [4.78, 5) is 0. The van der Waals surface area contributed by atoms with Crippen molar-refractivity contribution in [3.05, 3.63) is 33.3 Å². The van der Waals surface area contributed by atoms with E-state index < -0.39 is 0 Å². The second kappa shape index (κ2) is 5.50. The zero-order chi connectivity index (χ0) is 11.5. The van der Waals surface area contributed by atoms with Crippen molar-refractivity contribution in [1.29, 1.82) is 0 Å². The first kappa shape index (κ1) is 12.4. The van der Waals surface area contributed by atoms with E-state index in [-0.39, 0.29) is 6.10 Å². The Morgan fingerprint density at radius 2 is 2.38 bits per heavy atom. The van der Waals surface area contributed by atoms with Crippen LogP contribution in [-0.4, -0.2) is 19.3 Å². The number of ether oxygens (including phenoxy) is 2. The molecule has 0 amide bonds. The smallest absolute Gasteiger partial charge is 0.104 e. The Labute approximate surface area is 109 Å². The highest BCUT2D eigenvalue weighted by Crippen LogP contribution is 2.31. The van der Waals surface area contributed by atoms with Crippen molar-refractivity contribution in [2.24, 2.45) is 0 Å². The maximum atomic E-state index is 5.91. The standard InChI is InChI=1S/C12H14BrClO2/c1-2-12(16-7-9-6-15-9)10-4-3-8(14)5-11(10)13/h3-5,9,12H,2,6-7H2,1H3/t9-,12-/m1/s1. The molecular weight excluding hydrogens is 291 g/mol. The van der Waals surface area contributed by atoms with Crippen molar-refractivity contribution in [3.8, 4) is 0 Å². The van der Waals surface area contributed by atoms with Gasteiger partial charge in [0.15, 0.2) is 0 Å². The lowest BCUT2D eigenvalue weighted by Crippen LogP contribution is -2.08. The van der Waals surface area contributed by atoms with Gasteiger partial charge < -0.3 is 9.47 Å². The molecule has 4 heteroatoms. The molecule has 0 spiro atoms. The Morgan fingerprint density at radius 3 is 2.94 bits per heavy atom. The quantitative estimate of drug-likeness (QED) is 0.768. The third kappa shape index (κ3) is 3.20. The molecule has 1 saturated heterocycles. The fourth-order valence-electron chi connectivity index (χ4n) is 1.58. The third-order valence-electron chi connectivity index (χ3n) is 2.57. The van der Waals surface area contributed by atoms with E-state index >= 15 is 0 Å². The van der Waals surface area contributed by atoms with Gasteiger partial charge in [-0.1, -0.05) is 40.5 Å². The molecule has 2 rings (SSSR count). The number of hydrogen-bond donors (Lipinski definition) is 0. The fourth-order valence-corrected chi connectivity index (χ4v) is 2.52. The molecule has 1 fully saturated rings. The summed E-state index contributed by atoms with van der Waals surface area (Å²) in [7, 11) is 0. The van der Waals surface area contributed by atoms with Crippen LogP contribution in [0.4, 0.5) is 0 Å². The van der Waals surface area contributed by atoms with Gasteiger partial charge in [0, 0.05) is 9.50 Å². The van der Waals surface area contributed by atoms with Crippen LogP contribution in [-0.2, 0) is 9.47 Å². The van der Waals surface area contributed by atoms with Gasteiger partial charge in [-0.05, 0) is 24.1 Å². The van der Waals surface area contributed by atoms with E-state index in [4.69, 9.17) is 21.1 Å². The number of benzene rings is 1. The van der Waals surface area contributed by atoms with Gasteiger partial charge in [-0.25, -0.2) is 0 Å². The Hall–Kier alpha value is -0.0900. The normalized spacial score (nSPS) is 20.8. The molecule has 2 nitrogen and oxygen atoms in total.